The highest BCUT2D eigenvalue weighted by Gasteiger charge is 2.41. The van der Waals surface area contributed by atoms with Gasteiger partial charge in [-0.25, -0.2) is 14.2 Å². The number of benzene rings is 2. The lowest BCUT2D eigenvalue weighted by Gasteiger charge is -2.42. The van der Waals surface area contributed by atoms with Gasteiger partial charge in [0.1, 0.15) is 12.1 Å². The maximum atomic E-state index is 13.7. The van der Waals surface area contributed by atoms with Gasteiger partial charge >= 0.3 is 6.09 Å². The Morgan fingerprint density at radius 2 is 1.84 bits per heavy atom. The minimum absolute atomic E-state index is 0.0437. The molecule has 3 aromatic rings. The van der Waals surface area contributed by atoms with Gasteiger partial charge in [0.25, 0.3) is 5.56 Å². The van der Waals surface area contributed by atoms with Gasteiger partial charge in [-0.2, -0.15) is 0 Å². The Labute approximate surface area is 247 Å². The quantitative estimate of drug-likeness (QED) is 0.373. The van der Waals surface area contributed by atoms with Crippen LogP contribution < -0.4 is 20.8 Å². The average Bonchev–Trinajstić information content (AvgIpc) is 3.02. The zero-order valence-corrected chi connectivity index (χ0v) is 23.7. The summed E-state index contributed by atoms with van der Waals surface area (Å²) in [7, 11) is 1.31. The van der Waals surface area contributed by atoms with Gasteiger partial charge in [-0.1, -0.05) is 30.3 Å². The van der Waals surface area contributed by atoms with Crippen molar-refractivity contribution in [3.8, 4) is 17.4 Å². The first-order valence-electron chi connectivity index (χ1n) is 14.0. The van der Waals surface area contributed by atoms with E-state index in [2.05, 4.69) is 4.98 Å². The van der Waals surface area contributed by atoms with Crippen molar-refractivity contribution in [3.05, 3.63) is 76.6 Å². The first kappa shape index (κ1) is 29.8. The number of nitrogen functional groups attached to an aromatic ring is 1. The van der Waals surface area contributed by atoms with Crippen LogP contribution in [0.2, 0.25) is 0 Å². The molecule has 12 nitrogen and oxygen atoms in total. The molecule has 2 aliphatic heterocycles. The third-order valence-electron chi connectivity index (χ3n) is 8.27. The number of methoxy groups -OCH3 is 1. The summed E-state index contributed by atoms with van der Waals surface area (Å²) in [5, 5.41) is 20.9. The van der Waals surface area contributed by atoms with Gasteiger partial charge < -0.3 is 35.2 Å². The molecule has 43 heavy (non-hydrogen) atoms. The number of carboxylic acid groups (broad SMARTS) is 1. The molecule has 0 radical (unpaired) electrons. The molecule has 0 spiro atoms. The van der Waals surface area contributed by atoms with Crippen LogP contribution >= 0.6 is 0 Å². The average molecular weight is 596 g/mol. The number of likely N-dealkylation sites (tertiary alicyclic amines) is 2. The predicted molar refractivity (Wildman–Crippen MR) is 154 cm³/mol. The maximum absolute atomic E-state index is 13.7. The number of hydrogen-bond acceptors (Lipinski definition) is 8. The lowest BCUT2D eigenvalue weighted by atomic mass is 9.79. The zero-order chi connectivity index (χ0) is 30.7. The van der Waals surface area contributed by atoms with E-state index in [0.29, 0.717) is 6.42 Å². The van der Waals surface area contributed by atoms with Crippen molar-refractivity contribution in [2.24, 2.45) is 5.92 Å². The highest BCUT2D eigenvalue weighted by atomic mass is 19.1. The van der Waals surface area contributed by atoms with E-state index < -0.39 is 23.1 Å². The lowest BCUT2D eigenvalue weighted by molar-refractivity contribution is -0.142. The van der Waals surface area contributed by atoms with Gasteiger partial charge in [0.2, 0.25) is 11.8 Å². The number of aromatic nitrogens is 2. The zero-order valence-electron chi connectivity index (χ0n) is 23.7. The van der Waals surface area contributed by atoms with E-state index in [1.54, 1.807) is 4.90 Å². The van der Waals surface area contributed by atoms with E-state index in [1.165, 1.54) is 35.0 Å². The summed E-state index contributed by atoms with van der Waals surface area (Å²) in [4.78, 5) is 45.5. The van der Waals surface area contributed by atoms with Gasteiger partial charge in [-0.15, -0.1) is 0 Å². The van der Waals surface area contributed by atoms with Gasteiger partial charge in [0.15, 0.2) is 17.3 Å². The molecular weight excluding hydrogens is 561 g/mol. The van der Waals surface area contributed by atoms with Crippen molar-refractivity contribution in [1.29, 1.82) is 0 Å². The van der Waals surface area contributed by atoms with Crippen LogP contribution in [0.4, 0.5) is 14.9 Å². The molecule has 2 fully saturated rings. The Hall–Kier alpha value is -4.65. The Kier molecular flexibility index (Phi) is 8.53. The molecule has 1 aromatic heterocycles. The van der Waals surface area contributed by atoms with Crippen LogP contribution in [0.25, 0.3) is 0 Å². The Bertz CT molecular complexity index is 1540. The fourth-order valence-corrected chi connectivity index (χ4v) is 5.81. The van der Waals surface area contributed by atoms with Crippen molar-refractivity contribution in [1.82, 2.24) is 19.4 Å². The third-order valence-corrected chi connectivity index (χ3v) is 8.27. The molecule has 2 saturated heterocycles. The number of nitrogens with two attached hydrogens (primary N) is 1. The molecule has 2 aliphatic rings. The molecule has 0 aliphatic carbocycles. The highest BCUT2D eigenvalue weighted by Crippen LogP contribution is 2.36. The molecule has 4 N–H and O–H groups in total. The van der Waals surface area contributed by atoms with Crippen LogP contribution in [0.3, 0.4) is 0 Å². The summed E-state index contributed by atoms with van der Waals surface area (Å²) in [6.45, 7) is 0.986. The van der Waals surface area contributed by atoms with Gasteiger partial charge in [0.05, 0.1) is 19.3 Å². The van der Waals surface area contributed by atoms with Gasteiger partial charge in [0, 0.05) is 44.1 Å². The molecule has 13 heteroatoms. The monoisotopic (exact) mass is 595 g/mol. The minimum Gasteiger partial charge on any atom is -0.494 e. The minimum atomic E-state index is -1.28. The molecular formula is C30H34FN5O7. The summed E-state index contributed by atoms with van der Waals surface area (Å²) in [6.07, 6.45) is 1.08. The van der Waals surface area contributed by atoms with Crippen molar-refractivity contribution < 1.29 is 33.7 Å². The Morgan fingerprint density at radius 1 is 1.12 bits per heavy atom. The number of carbonyl (C=O) groups is 2. The van der Waals surface area contributed by atoms with Crippen LogP contribution in [0.15, 0.2) is 59.7 Å². The number of ether oxygens (including phenoxy) is 2. The molecule has 0 saturated carbocycles. The van der Waals surface area contributed by atoms with E-state index in [0.717, 1.165) is 11.6 Å². The predicted octanol–water partition coefficient (Wildman–Crippen LogP) is 2.90. The van der Waals surface area contributed by atoms with E-state index in [-0.39, 0.29) is 86.4 Å². The summed E-state index contributed by atoms with van der Waals surface area (Å²) >= 11 is 0. The van der Waals surface area contributed by atoms with Crippen molar-refractivity contribution >= 4 is 17.7 Å². The van der Waals surface area contributed by atoms with E-state index in [1.807, 2.05) is 30.3 Å². The van der Waals surface area contributed by atoms with Crippen LogP contribution in [0.1, 0.15) is 30.7 Å². The fourth-order valence-electron chi connectivity index (χ4n) is 5.81. The Balaban J connectivity index is 1.24. The second kappa shape index (κ2) is 12.3. The Morgan fingerprint density at radius 3 is 2.51 bits per heavy atom. The second-order valence-corrected chi connectivity index (χ2v) is 11.0. The smallest absolute Gasteiger partial charge is 0.407 e. The number of rotatable bonds is 7. The van der Waals surface area contributed by atoms with E-state index in [4.69, 9.17) is 15.2 Å². The molecule has 2 aromatic carbocycles. The van der Waals surface area contributed by atoms with E-state index >= 15 is 0 Å². The van der Waals surface area contributed by atoms with Crippen molar-refractivity contribution in [2.45, 2.75) is 37.3 Å². The number of halogens is 1. The molecule has 2 atom stereocenters. The van der Waals surface area contributed by atoms with Gasteiger partial charge in [-0.3, -0.25) is 14.2 Å². The number of anilines is 1. The number of hydrogen-bond donors (Lipinski definition) is 3. The van der Waals surface area contributed by atoms with Crippen LogP contribution in [-0.4, -0.2) is 80.5 Å². The summed E-state index contributed by atoms with van der Waals surface area (Å²) < 4.78 is 25.4. The molecule has 0 unspecified atom stereocenters. The fraction of sp³-hybridized carbons (Fsp3) is 0.400. The second-order valence-electron chi connectivity index (χ2n) is 11.0. The van der Waals surface area contributed by atoms with Crippen LogP contribution in [-0.2, 0) is 11.3 Å². The maximum Gasteiger partial charge on any atom is 0.407 e. The SMILES string of the molecule is COc1cc(Oc2ncn(CC3(O)CCN(C(=O)[C@@H]4CCN(C(=O)O)C[C@H]4c4ccccc4)CC3)c(=O)c2N)ccc1F. The summed E-state index contributed by atoms with van der Waals surface area (Å²) in [5.74, 6) is -1.33. The lowest BCUT2D eigenvalue weighted by Crippen LogP contribution is -2.53. The first-order valence-corrected chi connectivity index (χ1v) is 14.0. The van der Waals surface area contributed by atoms with Crippen molar-refractivity contribution in [3.63, 3.8) is 0 Å². The number of aliphatic hydroxyl groups is 1. The number of nitrogens with zero attached hydrogens (tertiary/aromatic N) is 4. The molecule has 228 valence electrons. The third kappa shape index (κ3) is 6.41. The van der Waals surface area contributed by atoms with E-state index in [9.17, 15) is 29.0 Å². The van der Waals surface area contributed by atoms with Crippen LogP contribution in [0, 0.1) is 11.7 Å². The summed E-state index contributed by atoms with van der Waals surface area (Å²) in [6, 6.07) is 13.3. The molecule has 5 rings (SSSR count). The molecule has 0 bridgehead atoms. The number of amides is 2. The first-order chi connectivity index (χ1) is 20.6. The van der Waals surface area contributed by atoms with Crippen LogP contribution in [0.5, 0.6) is 17.4 Å². The highest BCUT2D eigenvalue weighted by molar-refractivity contribution is 5.80. The topological polar surface area (TPSA) is 160 Å². The van der Waals surface area contributed by atoms with Gasteiger partial charge in [-0.05, 0) is 37.0 Å². The normalized spacial score (nSPS) is 20.0. The largest absolute Gasteiger partial charge is 0.494 e. The number of carbonyl (C=O) groups excluding carboxylic acids is 1. The summed E-state index contributed by atoms with van der Waals surface area (Å²) in [5.41, 5.74) is 4.76. The molecule has 3 heterocycles. The standard InChI is InChI=1S/C30H34FN5O7/c1-42-24-15-20(7-8-23(24)31)43-26-25(32)28(38)36(18-33-26)17-30(41)10-13-34(14-11-30)27(37)21-9-12-35(29(39)40)16-22(21)19-5-3-2-4-6-19/h2-8,15,18,21-22,41H,9-14,16-17,32H2,1H3,(H,39,40)/t21-,22+/m1/s1. The molecule has 2 amide bonds. The van der Waals surface area contributed by atoms with Crippen molar-refractivity contribution in [2.75, 3.05) is 39.0 Å². The number of piperidine rings is 2.